The van der Waals surface area contributed by atoms with Crippen LogP contribution in [0.25, 0.3) is 0 Å². The molecular weight excluding hydrogens is 132 g/mol. The molecule has 0 N–H and O–H groups in total. The van der Waals surface area contributed by atoms with Crippen molar-refractivity contribution in [2.75, 3.05) is 0 Å². The van der Waals surface area contributed by atoms with Gasteiger partial charge in [-0.1, -0.05) is 29.7 Å². The van der Waals surface area contributed by atoms with Crippen molar-refractivity contribution in [2.45, 2.75) is 41.5 Å². The van der Waals surface area contributed by atoms with Crippen molar-refractivity contribution in [1.82, 2.24) is 0 Å². The molecule has 0 heterocycles. The summed E-state index contributed by atoms with van der Waals surface area (Å²) in [5.74, 6) is 0.602. The van der Waals surface area contributed by atoms with Crippen LogP contribution in [-0.4, -0.2) is 0 Å². The Morgan fingerprint density at radius 1 is 1.00 bits per heavy atom. The maximum Gasteiger partial charge on any atom is -0.00495 e. The molecule has 0 aromatic rings. The van der Waals surface area contributed by atoms with E-state index in [-0.39, 0.29) is 0 Å². The van der Waals surface area contributed by atoms with E-state index in [1.54, 1.807) is 0 Å². The highest BCUT2D eigenvalue weighted by molar-refractivity contribution is 5.16. The zero-order chi connectivity index (χ0) is 9.02. The van der Waals surface area contributed by atoms with Crippen molar-refractivity contribution in [3.05, 3.63) is 22.8 Å². The van der Waals surface area contributed by atoms with Crippen LogP contribution in [-0.2, 0) is 0 Å². The van der Waals surface area contributed by atoms with E-state index in [0.29, 0.717) is 5.92 Å². The van der Waals surface area contributed by atoms with Gasteiger partial charge < -0.3 is 0 Å². The molecule has 0 heteroatoms. The second-order valence-electron chi connectivity index (χ2n) is 3.72. The summed E-state index contributed by atoms with van der Waals surface area (Å²) in [6.07, 6.45) is 2.31. The van der Waals surface area contributed by atoms with E-state index in [9.17, 15) is 0 Å². The maximum atomic E-state index is 2.31. The smallest absolute Gasteiger partial charge is 0.00495 e. The molecule has 0 spiro atoms. The molecular formula is C11H20. The van der Waals surface area contributed by atoms with Crippen LogP contribution in [0.15, 0.2) is 22.8 Å². The molecule has 0 aliphatic heterocycles. The first-order valence-corrected chi connectivity index (χ1v) is 4.24. The van der Waals surface area contributed by atoms with Gasteiger partial charge in [0.25, 0.3) is 0 Å². The third-order valence-electron chi connectivity index (χ3n) is 2.06. The summed E-state index contributed by atoms with van der Waals surface area (Å²) in [5.41, 5.74) is 4.33. The minimum absolute atomic E-state index is 0.602. The minimum Gasteiger partial charge on any atom is -0.0798 e. The summed E-state index contributed by atoms with van der Waals surface area (Å²) in [5, 5.41) is 0. The van der Waals surface area contributed by atoms with Gasteiger partial charge in [-0.05, 0) is 40.5 Å². The average Bonchev–Trinajstić information content (AvgIpc) is 1.84. The van der Waals surface area contributed by atoms with E-state index >= 15 is 0 Å². The third kappa shape index (κ3) is 4.02. The van der Waals surface area contributed by atoms with Gasteiger partial charge in [0.1, 0.15) is 0 Å². The summed E-state index contributed by atoms with van der Waals surface area (Å²) in [6.45, 7) is 13.1. The van der Waals surface area contributed by atoms with Gasteiger partial charge in [-0.3, -0.25) is 0 Å². The van der Waals surface area contributed by atoms with Crippen molar-refractivity contribution in [1.29, 1.82) is 0 Å². The van der Waals surface area contributed by atoms with Crippen molar-refractivity contribution in [3.8, 4) is 0 Å². The normalized spacial score (nSPS) is 12.2. The van der Waals surface area contributed by atoms with E-state index in [0.717, 1.165) is 0 Å². The highest BCUT2D eigenvalue weighted by Crippen LogP contribution is 2.16. The van der Waals surface area contributed by atoms with Gasteiger partial charge in [0.15, 0.2) is 0 Å². The second kappa shape index (κ2) is 4.38. The maximum absolute atomic E-state index is 2.31. The topological polar surface area (TPSA) is 0 Å². The predicted molar refractivity (Wildman–Crippen MR) is 52.6 cm³/mol. The molecule has 0 rings (SSSR count). The van der Waals surface area contributed by atoms with Crippen LogP contribution in [0.1, 0.15) is 41.5 Å². The summed E-state index contributed by atoms with van der Waals surface area (Å²) < 4.78 is 0. The Bertz CT molecular complexity index is 174. The average molecular weight is 152 g/mol. The van der Waals surface area contributed by atoms with Crippen LogP contribution in [0, 0.1) is 5.92 Å². The van der Waals surface area contributed by atoms with Crippen LogP contribution in [0.5, 0.6) is 0 Å². The fourth-order valence-electron chi connectivity index (χ4n) is 1.08. The van der Waals surface area contributed by atoms with E-state index in [4.69, 9.17) is 0 Å². The fourth-order valence-corrected chi connectivity index (χ4v) is 1.08. The van der Waals surface area contributed by atoms with Gasteiger partial charge in [-0.25, -0.2) is 0 Å². The number of hydrogen-bond donors (Lipinski definition) is 0. The lowest BCUT2D eigenvalue weighted by atomic mass is 9.97. The molecule has 0 aromatic heterocycles. The highest BCUT2D eigenvalue weighted by Gasteiger charge is 2.00. The molecule has 11 heavy (non-hydrogen) atoms. The minimum atomic E-state index is 0.602. The molecule has 0 fully saturated rings. The SMILES string of the molecule is CC(C)=CC(C)C(C)=C(C)C. The highest BCUT2D eigenvalue weighted by atomic mass is 14.1. The lowest BCUT2D eigenvalue weighted by molar-refractivity contribution is 0.834. The van der Waals surface area contributed by atoms with Gasteiger partial charge in [-0.15, -0.1) is 0 Å². The van der Waals surface area contributed by atoms with Gasteiger partial charge in [0.2, 0.25) is 0 Å². The molecule has 64 valence electrons. The largest absolute Gasteiger partial charge is 0.0798 e. The molecule has 1 unspecified atom stereocenters. The fraction of sp³-hybridized carbons (Fsp3) is 0.636. The van der Waals surface area contributed by atoms with Gasteiger partial charge >= 0.3 is 0 Å². The standard InChI is InChI=1S/C11H20/c1-8(2)7-10(5)11(6)9(3)4/h7,10H,1-6H3. The molecule has 0 nitrogen and oxygen atoms in total. The van der Waals surface area contributed by atoms with Crippen LogP contribution in [0.2, 0.25) is 0 Å². The van der Waals surface area contributed by atoms with Gasteiger partial charge in [0, 0.05) is 0 Å². The summed E-state index contributed by atoms with van der Waals surface area (Å²) in [6, 6.07) is 0. The number of rotatable bonds is 2. The zero-order valence-electron chi connectivity index (χ0n) is 8.65. The van der Waals surface area contributed by atoms with Crippen LogP contribution < -0.4 is 0 Å². The molecule has 0 saturated heterocycles. The Balaban J connectivity index is 4.39. The summed E-state index contributed by atoms with van der Waals surface area (Å²) >= 11 is 0. The molecule has 0 aromatic carbocycles. The first kappa shape index (κ1) is 10.5. The van der Waals surface area contributed by atoms with E-state index in [1.807, 2.05) is 0 Å². The molecule has 0 bridgehead atoms. The molecule has 0 radical (unpaired) electrons. The predicted octanol–water partition coefficient (Wildman–Crippen LogP) is 3.95. The lowest BCUT2D eigenvalue weighted by Crippen LogP contribution is -1.94. The van der Waals surface area contributed by atoms with Crippen molar-refractivity contribution < 1.29 is 0 Å². The van der Waals surface area contributed by atoms with E-state index < -0.39 is 0 Å². The molecule has 0 saturated carbocycles. The molecule has 0 amide bonds. The van der Waals surface area contributed by atoms with Gasteiger partial charge in [-0.2, -0.15) is 0 Å². The second-order valence-corrected chi connectivity index (χ2v) is 3.72. The van der Waals surface area contributed by atoms with E-state index in [1.165, 1.54) is 16.7 Å². The summed E-state index contributed by atoms with van der Waals surface area (Å²) in [4.78, 5) is 0. The monoisotopic (exact) mass is 152 g/mol. The number of allylic oxidation sites excluding steroid dienone is 4. The first-order valence-electron chi connectivity index (χ1n) is 4.24. The Kier molecular flexibility index (Phi) is 4.17. The van der Waals surface area contributed by atoms with Crippen LogP contribution in [0.3, 0.4) is 0 Å². The lowest BCUT2D eigenvalue weighted by Gasteiger charge is -2.09. The number of hydrogen-bond acceptors (Lipinski definition) is 0. The molecule has 0 aliphatic carbocycles. The van der Waals surface area contributed by atoms with Crippen LogP contribution >= 0.6 is 0 Å². The zero-order valence-corrected chi connectivity index (χ0v) is 8.65. The Labute approximate surface area is 71.0 Å². The summed E-state index contributed by atoms with van der Waals surface area (Å²) in [7, 11) is 0. The molecule has 1 atom stereocenters. The first-order chi connectivity index (χ1) is 4.95. The van der Waals surface area contributed by atoms with Crippen molar-refractivity contribution in [2.24, 2.45) is 5.92 Å². The third-order valence-corrected chi connectivity index (χ3v) is 2.06. The van der Waals surface area contributed by atoms with E-state index in [2.05, 4.69) is 47.6 Å². The van der Waals surface area contributed by atoms with Crippen molar-refractivity contribution >= 4 is 0 Å². The van der Waals surface area contributed by atoms with Crippen molar-refractivity contribution in [3.63, 3.8) is 0 Å². The molecule has 0 aliphatic rings. The van der Waals surface area contributed by atoms with Crippen LogP contribution in [0.4, 0.5) is 0 Å². The Hall–Kier alpha value is -0.520. The Morgan fingerprint density at radius 3 is 1.73 bits per heavy atom. The quantitative estimate of drug-likeness (QED) is 0.526. The van der Waals surface area contributed by atoms with Gasteiger partial charge in [0.05, 0.1) is 0 Å². The Morgan fingerprint density at radius 2 is 1.45 bits per heavy atom.